The summed E-state index contributed by atoms with van der Waals surface area (Å²) in [5, 5.41) is 7.46. The predicted octanol–water partition coefficient (Wildman–Crippen LogP) is 3.37. The summed E-state index contributed by atoms with van der Waals surface area (Å²) in [4.78, 5) is 19.2. The number of benzene rings is 1. The summed E-state index contributed by atoms with van der Waals surface area (Å²) in [5.74, 6) is 2.88. The molecular formula is C19H24N4O. The maximum Gasteiger partial charge on any atom is 0.222 e. The second-order valence-corrected chi connectivity index (χ2v) is 7.09. The summed E-state index contributed by atoms with van der Waals surface area (Å²) in [6.45, 7) is 1.66. The molecule has 24 heavy (non-hydrogen) atoms. The van der Waals surface area contributed by atoms with Gasteiger partial charge in [-0.15, -0.1) is 0 Å². The average Bonchev–Trinajstić information content (AvgIpc) is 3.09. The second-order valence-electron chi connectivity index (χ2n) is 7.09. The van der Waals surface area contributed by atoms with E-state index in [-0.39, 0.29) is 5.92 Å². The van der Waals surface area contributed by atoms with E-state index in [1.807, 2.05) is 35.2 Å². The molecule has 0 radical (unpaired) electrons. The Kier molecular flexibility index (Phi) is 4.32. The van der Waals surface area contributed by atoms with Gasteiger partial charge in [0.05, 0.1) is 0 Å². The molecule has 2 aliphatic rings. The summed E-state index contributed by atoms with van der Waals surface area (Å²) in [6.07, 6.45) is 6.59. The monoisotopic (exact) mass is 324 g/mol. The van der Waals surface area contributed by atoms with E-state index in [1.54, 1.807) is 0 Å². The molecule has 1 aliphatic carbocycles. The van der Waals surface area contributed by atoms with Crippen LogP contribution in [0.2, 0.25) is 0 Å². The number of amides is 1. The van der Waals surface area contributed by atoms with Crippen molar-refractivity contribution in [3.63, 3.8) is 0 Å². The SMILES string of the molecule is O=C(CC1CCC1)N1CCCC(c2nc(-c3ccccc3)n[nH]2)C1. The molecule has 1 aromatic carbocycles. The molecule has 1 saturated heterocycles. The standard InChI is InChI=1S/C19H24N4O/c24-17(12-14-6-4-7-14)23-11-5-10-16(13-23)19-20-18(21-22-19)15-8-2-1-3-9-15/h1-3,8-9,14,16H,4-7,10-13H2,(H,20,21,22). The number of hydrogen-bond donors (Lipinski definition) is 1. The first-order valence-corrected chi connectivity index (χ1v) is 9.05. The number of H-pyrrole nitrogens is 1. The smallest absolute Gasteiger partial charge is 0.222 e. The lowest BCUT2D eigenvalue weighted by atomic mass is 9.82. The van der Waals surface area contributed by atoms with Crippen molar-refractivity contribution in [2.24, 2.45) is 5.92 Å². The summed E-state index contributed by atoms with van der Waals surface area (Å²) >= 11 is 0. The molecule has 2 fully saturated rings. The topological polar surface area (TPSA) is 61.9 Å². The van der Waals surface area contributed by atoms with Crippen LogP contribution in [0, 0.1) is 5.92 Å². The first-order chi connectivity index (χ1) is 11.8. The van der Waals surface area contributed by atoms with Gasteiger partial charge in [-0.05, 0) is 31.6 Å². The molecule has 0 bridgehead atoms. The highest BCUT2D eigenvalue weighted by Crippen LogP contribution is 2.31. The van der Waals surface area contributed by atoms with Crippen LogP contribution < -0.4 is 0 Å². The molecule has 5 nitrogen and oxygen atoms in total. The molecule has 126 valence electrons. The number of piperidine rings is 1. The van der Waals surface area contributed by atoms with Crippen LogP contribution in [-0.4, -0.2) is 39.1 Å². The Morgan fingerprint density at radius 3 is 2.75 bits per heavy atom. The van der Waals surface area contributed by atoms with Crippen molar-refractivity contribution in [2.75, 3.05) is 13.1 Å². The third-order valence-corrected chi connectivity index (χ3v) is 5.38. The third-order valence-electron chi connectivity index (χ3n) is 5.38. The van der Waals surface area contributed by atoms with Crippen molar-refractivity contribution >= 4 is 5.91 Å². The fraction of sp³-hybridized carbons (Fsp3) is 0.526. The van der Waals surface area contributed by atoms with Crippen LogP contribution in [0.1, 0.15) is 50.3 Å². The minimum Gasteiger partial charge on any atom is -0.342 e. The quantitative estimate of drug-likeness (QED) is 0.938. The Morgan fingerprint density at radius 2 is 2.00 bits per heavy atom. The maximum absolute atomic E-state index is 12.5. The van der Waals surface area contributed by atoms with E-state index in [0.29, 0.717) is 11.8 Å². The molecule has 1 unspecified atom stereocenters. The number of aromatic nitrogens is 3. The number of carbonyl (C=O) groups is 1. The fourth-order valence-electron chi connectivity index (χ4n) is 3.67. The fourth-order valence-corrected chi connectivity index (χ4v) is 3.67. The van der Waals surface area contributed by atoms with E-state index in [9.17, 15) is 4.79 Å². The lowest BCUT2D eigenvalue weighted by molar-refractivity contribution is -0.134. The molecule has 1 saturated carbocycles. The zero-order chi connectivity index (χ0) is 16.4. The minimum atomic E-state index is 0.272. The van der Waals surface area contributed by atoms with Gasteiger partial charge in [-0.2, -0.15) is 5.10 Å². The van der Waals surface area contributed by atoms with Crippen LogP contribution in [0.25, 0.3) is 11.4 Å². The summed E-state index contributed by atoms with van der Waals surface area (Å²) in [6, 6.07) is 10.0. The molecular weight excluding hydrogens is 300 g/mol. The largest absolute Gasteiger partial charge is 0.342 e. The van der Waals surface area contributed by atoms with Crippen LogP contribution >= 0.6 is 0 Å². The van der Waals surface area contributed by atoms with Gasteiger partial charge < -0.3 is 4.90 Å². The number of nitrogens with zero attached hydrogens (tertiary/aromatic N) is 3. The molecule has 2 heterocycles. The summed E-state index contributed by atoms with van der Waals surface area (Å²) in [5.41, 5.74) is 1.02. The molecule has 1 atom stereocenters. The van der Waals surface area contributed by atoms with Crippen LogP contribution in [0.15, 0.2) is 30.3 Å². The van der Waals surface area contributed by atoms with Gasteiger partial charge in [-0.25, -0.2) is 4.98 Å². The normalized spacial score (nSPS) is 21.5. The Balaban J connectivity index is 1.42. The number of carbonyl (C=O) groups excluding carboxylic acids is 1. The van der Waals surface area contributed by atoms with Gasteiger partial charge in [0.2, 0.25) is 5.91 Å². The third kappa shape index (κ3) is 3.21. The van der Waals surface area contributed by atoms with Gasteiger partial charge in [-0.1, -0.05) is 36.8 Å². The molecule has 1 aromatic heterocycles. The Labute approximate surface area is 142 Å². The van der Waals surface area contributed by atoms with Crippen molar-refractivity contribution < 1.29 is 4.79 Å². The molecule has 1 N–H and O–H groups in total. The number of rotatable bonds is 4. The van der Waals surface area contributed by atoms with Crippen LogP contribution in [0.4, 0.5) is 0 Å². The van der Waals surface area contributed by atoms with E-state index >= 15 is 0 Å². The van der Waals surface area contributed by atoms with E-state index < -0.39 is 0 Å². The Morgan fingerprint density at radius 1 is 1.17 bits per heavy atom. The van der Waals surface area contributed by atoms with E-state index in [1.165, 1.54) is 19.3 Å². The van der Waals surface area contributed by atoms with Crippen molar-refractivity contribution in [3.8, 4) is 11.4 Å². The van der Waals surface area contributed by atoms with Crippen LogP contribution in [-0.2, 0) is 4.79 Å². The highest BCUT2D eigenvalue weighted by molar-refractivity contribution is 5.76. The van der Waals surface area contributed by atoms with Crippen molar-refractivity contribution in [1.29, 1.82) is 0 Å². The first kappa shape index (κ1) is 15.4. The molecule has 1 aliphatic heterocycles. The van der Waals surface area contributed by atoms with E-state index in [0.717, 1.165) is 49.6 Å². The number of likely N-dealkylation sites (tertiary alicyclic amines) is 1. The predicted molar refractivity (Wildman–Crippen MR) is 92.3 cm³/mol. The van der Waals surface area contributed by atoms with Crippen molar-refractivity contribution in [3.05, 3.63) is 36.2 Å². The van der Waals surface area contributed by atoms with E-state index in [4.69, 9.17) is 0 Å². The number of nitrogens with one attached hydrogen (secondary N) is 1. The molecule has 1 amide bonds. The summed E-state index contributed by atoms with van der Waals surface area (Å²) in [7, 11) is 0. The van der Waals surface area contributed by atoms with Crippen molar-refractivity contribution in [1.82, 2.24) is 20.1 Å². The first-order valence-electron chi connectivity index (χ1n) is 9.05. The molecule has 0 spiro atoms. The van der Waals surface area contributed by atoms with Gasteiger partial charge in [0.1, 0.15) is 5.82 Å². The van der Waals surface area contributed by atoms with Gasteiger partial charge in [0, 0.05) is 31.0 Å². The van der Waals surface area contributed by atoms with Gasteiger partial charge in [0.25, 0.3) is 0 Å². The summed E-state index contributed by atoms with van der Waals surface area (Å²) < 4.78 is 0. The maximum atomic E-state index is 12.5. The van der Waals surface area contributed by atoms with Gasteiger partial charge in [-0.3, -0.25) is 9.89 Å². The zero-order valence-electron chi connectivity index (χ0n) is 13.9. The number of aromatic amines is 1. The van der Waals surface area contributed by atoms with Gasteiger partial charge >= 0.3 is 0 Å². The Bertz CT molecular complexity index is 692. The Hall–Kier alpha value is -2.17. The molecule has 4 rings (SSSR count). The highest BCUT2D eigenvalue weighted by Gasteiger charge is 2.29. The average molecular weight is 324 g/mol. The van der Waals surface area contributed by atoms with Crippen molar-refractivity contribution in [2.45, 2.75) is 44.4 Å². The van der Waals surface area contributed by atoms with Crippen LogP contribution in [0.5, 0.6) is 0 Å². The minimum absolute atomic E-state index is 0.272. The zero-order valence-corrected chi connectivity index (χ0v) is 13.9. The second kappa shape index (κ2) is 6.75. The highest BCUT2D eigenvalue weighted by atomic mass is 16.2. The lowest BCUT2D eigenvalue weighted by Gasteiger charge is -2.34. The molecule has 2 aromatic rings. The van der Waals surface area contributed by atoms with Crippen LogP contribution in [0.3, 0.4) is 0 Å². The van der Waals surface area contributed by atoms with E-state index in [2.05, 4.69) is 15.2 Å². The molecule has 5 heteroatoms. The van der Waals surface area contributed by atoms with Gasteiger partial charge in [0.15, 0.2) is 5.82 Å². The lowest BCUT2D eigenvalue weighted by Crippen LogP contribution is -2.40. The number of hydrogen-bond acceptors (Lipinski definition) is 3.